The maximum absolute atomic E-state index is 14.0. The number of fused-ring (bicyclic) bond motifs is 2. The fourth-order valence-corrected chi connectivity index (χ4v) is 3.99. The van der Waals surface area contributed by atoms with E-state index in [1.807, 2.05) is 0 Å². The van der Waals surface area contributed by atoms with Crippen LogP contribution in [-0.2, 0) is 5.41 Å². The number of aliphatic hydroxyl groups is 1. The Morgan fingerprint density at radius 2 is 1.93 bits per heavy atom. The summed E-state index contributed by atoms with van der Waals surface area (Å²) in [6.07, 6.45) is -2.87. The van der Waals surface area contributed by atoms with E-state index >= 15 is 0 Å². The minimum atomic E-state index is -4.89. The fourth-order valence-electron chi connectivity index (χ4n) is 3.99. The predicted molar refractivity (Wildman–Crippen MR) is 109 cm³/mol. The quantitative estimate of drug-likeness (QED) is 0.585. The molecule has 3 aromatic rings. The number of pyridine rings is 1. The zero-order chi connectivity index (χ0) is 21.4. The van der Waals surface area contributed by atoms with Crippen LogP contribution in [0.5, 0.6) is 5.75 Å². The molecule has 4 rings (SSSR count). The second-order valence-electron chi connectivity index (χ2n) is 7.86. The van der Waals surface area contributed by atoms with E-state index in [0.29, 0.717) is 40.5 Å². The van der Waals surface area contributed by atoms with Crippen LogP contribution in [0.4, 0.5) is 18.9 Å². The van der Waals surface area contributed by atoms with Crippen molar-refractivity contribution in [3.63, 3.8) is 0 Å². The Bertz CT molecular complexity index is 1090. The molecule has 0 spiro atoms. The van der Waals surface area contributed by atoms with Crippen molar-refractivity contribution in [2.45, 2.75) is 37.0 Å². The Morgan fingerprint density at radius 1 is 1.13 bits per heavy atom. The Balaban J connectivity index is 1.73. The van der Waals surface area contributed by atoms with Crippen LogP contribution in [0.3, 0.4) is 0 Å². The van der Waals surface area contributed by atoms with Crippen LogP contribution in [0, 0.1) is 0 Å². The van der Waals surface area contributed by atoms with Crippen molar-refractivity contribution >= 4 is 22.8 Å². The molecule has 0 radical (unpaired) electrons. The van der Waals surface area contributed by atoms with Gasteiger partial charge in [0, 0.05) is 28.8 Å². The normalized spacial score (nSPS) is 21.2. The van der Waals surface area contributed by atoms with Crippen LogP contribution in [0.1, 0.15) is 25.3 Å². The largest absolute Gasteiger partial charge is 0.493 e. The van der Waals surface area contributed by atoms with Crippen molar-refractivity contribution in [2.24, 2.45) is 4.99 Å². The van der Waals surface area contributed by atoms with Gasteiger partial charge in [-0.25, -0.2) is 0 Å². The number of para-hydroxylation sites is 1. The van der Waals surface area contributed by atoms with Gasteiger partial charge in [-0.15, -0.1) is 0 Å². The number of nitrogens with zero attached hydrogens (tertiary/aromatic N) is 2. The smallest absolute Gasteiger partial charge is 0.422 e. The molecular formula is C23H21F3N2O2. The lowest BCUT2D eigenvalue weighted by Crippen LogP contribution is -2.51. The highest BCUT2D eigenvalue weighted by atomic mass is 19.4. The van der Waals surface area contributed by atoms with Crippen LogP contribution < -0.4 is 4.74 Å². The molecule has 30 heavy (non-hydrogen) atoms. The number of ether oxygens (including phenoxy) is 1. The van der Waals surface area contributed by atoms with Gasteiger partial charge in [0.2, 0.25) is 0 Å². The van der Waals surface area contributed by atoms with E-state index < -0.39 is 23.6 Å². The van der Waals surface area contributed by atoms with Crippen LogP contribution in [-0.4, -0.2) is 34.7 Å². The van der Waals surface area contributed by atoms with Gasteiger partial charge in [-0.3, -0.25) is 9.98 Å². The van der Waals surface area contributed by atoms with Crippen LogP contribution in [0.15, 0.2) is 65.8 Å². The zero-order valence-electron chi connectivity index (χ0n) is 16.4. The molecule has 1 aromatic heterocycles. The van der Waals surface area contributed by atoms with E-state index in [4.69, 9.17) is 4.74 Å². The number of hydrogen-bond donors (Lipinski definition) is 1. The first kappa shape index (κ1) is 20.3. The molecule has 2 unspecified atom stereocenters. The van der Waals surface area contributed by atoms with E-state index in [9.17, 15) is 18.3 Å². The third-order valence-electron chi connectivity index (χ3n) is 5.64. The first-order valence-corrected chi connectivity index (χ1v) is 9.62. The SMILES string of the molecule is CC1(CC(O)(C=Nc2cccc3ncccc23)C(F)(F)F)CCOc2ccccc21. The molecule has 2 aromatic carbocycles. The molecule has 2 atom stereocenters. The van der Waals surface area contributed by atoms with Gasteiger partial charge in [0.1, 0.15) is 5.75 Å². The third kappa shape index (κ3) is 3.65. The van der Waals surface area contributed by atoms with Gasteiger partial charge in [0.25, 0.3) is 0 Å². The molecule has 0 saturated carbocycles. The number of halogens is 3. The minimum Gasteiger partial charge on any atom is -0.493 e. The minimum absolute atomic E-state index is 0.285. The lowest BCUT2D eigenvalue weighted by Gasteiger charge is -2.41. The maximum Gasteiger partial charge on any atom is 0.422 e. The lowest BCUT2D eigenvalue weighted by atomic mass is 9.70. The first-order chi connectivity index (χ1) is 14.2. The van der Waals surface area contributed by atoms with E-state index in [1.165, 1.54) is 0 Å². The molecule has 2 heterocycles. The number of alkyl halides is 3. The highest BCUT2D eigenvalue weighted by molar-refractivity contribution is 5.91. The van der Waals surface area contributed by atoms with Gasteiger partial charge in [-0.05, 0) is 43.2 Å². The second-order valence-corrected chi connectivity index (χ2v) is 7.86. The van der Waals surface area contributed by atoms with Crippen molar-refractivity contribution in [3.05, 3.63) is 66.4 Å². The van der Waals surface area contributed by atoms with Gasteiger partial charge >= 0.3 is 6.18 Å². The molecule has 4 nitrogen and oxygen atoms in total. The standard InChI is InChI=1S/C23H21F3N2O2/c1-21(11-13-30-20-10-3-2-7-17(20)21)14-22(29,23(24,25)26)15-28-19-9-4-8-18-16(19)6-5-12-27-18/h2-10,12,15,29H,11,13-14H2,1H3. The van der Waals surface area contributed by atoms with E-state index in [1.54, 1.807) is 67.7 Å². The second kappa shape index (κ2) is 7.40. The van der Waals surface area contributed by atoms with Crippen LogP contribution in [0.25, 0.3) is 10.9 Å². The average Bonchev–Trinajstić information content (AvgIpc) is 2.72. The molecule has 7 heteroatoms. The molecule has 1 N–H and O–H groups in total. The number of aliphatic imine (C=N–C) groups is 1. The van der Waals surface area contributed by atoms with Gasteiger partial charge < -0.3 is 9.84 Å². The van der Waals surface area contributed by atoms with Crippen LogP contribution >= 0.6 is 0 Å². The number of benzene rings is 2. The van der Waals surface area contributed by atoms with Gasteiger partial charge in [-0.1, -0.05) is 31.2 Å². The summed E-state index contributed by atoms with van der Waals surface area (Å²) >= 11 is 0. The summed E-state index contributed by atoms with van der Waals surface area (Å²) in [4.78, 5) is 8.25. The highest BCUT2D eigenvalue weighted by Crippen LogP contribution is 2.47. The Morgan fingerprint density at radius 3 is 2.73 bits per heavy atom. The monoisotopic (exact) mass is 414 g/mol. The topological polar surface area (TPSA) is 54.7 Å². The third-order valence-corrected chi connectivity index (χ3v) is 5.64. The van der Waals surface area contributed by atoms with Gasteiger partial charge in [0.15, 0.2) is 5.60 Å². The zero-order valence-corrected chi connectivity index (χ0v) is 16.4. The lowest BCUT2D eigenvalue weighted by molar-refractivity contribution is -0.235. The highest BCUT2D eigenvalue weighted by Gasteiger charge is 2.56. The molecule has 0 aliphatic carbocycles. The molecule has 1 aliphatic rings. The molecule has 1 aliphatic heterocycles. The van der Waals surface area contributed by atoms with Crippen molar-refractivity contribution in [2.75, 3.05) is 6.61 Å². The number of hydrogen-bond acceptors (Lipinski definition) is 4. The van der Waals surface area contributed by atoms with Crippen LogP contribution in [0.2, 0.25) is 0 Å². The van der Waals surface area contributed by atoms with E-state index in [2.05, 4.69) is 9.98 Å². The summed E-state index contributed by atoms with van der Waals surface area (Å²) in [5.41, 5.74) is -2.43. The van der Waals surface area contributed by atoms with E-state index in [-0.39, 0.29) is 6.61 Å². The number of rotatable bonds is 4. The maximum atomic E-state index is 14.0. The van der Waals surface area contributed by atoms with Crippen molar-refractivity contribution in [1.82, 2.24) is 4.98 Å². The molecule has 0 amide bonds. The van der Waals surface area contributed by atoms with Crippen molar-refractivity contribution in [3.8, 4) is 5.75 Å². The van der Waals surface area contributed by atoms with E-state index in [0.717, 1.165) is 0 Å². The fraction of sp³-hybridized carbons (Fsp3) is 0.304. The molecular weight excluding hydrogens is 393 g/mol. The van der Waals surface area contributed by atoms with Gasteiger partial charge in [0.05, 0.1) is 17.8 Å². The van der Waals surface area contributed by atoms with Crippen molar-refractivity contribution < 1.29 is 23.0 Å². The Hall–Kier alpha value is -2.93. The predicted octanol–water partition coefficient (Wildman–Crippen LogP) is 5.36. The Labute approximate surface area is 172 Å². The molecule has 0 saturated heterocycles. The summed E-state index contributed by atoms with van der Waals surface area (Å²) in [5.74, 6) is 0.549. The summed E-state index contributed by atoms with van der Waals surface area (Å²) in [6.45, 7) is 2.01. The van der Waals surface area contributed by atoms with Gasteiger partial charge in [-0.2, -0.15) is 13.2 Å². The summed E-state index contributed by atoms with van der Waals surface area (Å²) in [7, 11) is 0. The molecule has 0 bridgehead atoms. The molecule has 0 fully saturated rings. The molecule has 156 valence electrons. The summed E-state index contributed by atoms with van der Waals surface area (Å²) in [6, 6.07) is 15.5. The number of aromatic nitrogens is 1. The average molecular weight is 414 g/mol. The summed E-state index contributed by atoms with van der Waals surface area (Å²) < 4.78 is 47.7. The summed E-state index contributed by atoms with van der Waals surface area (Å²) in [5, 5.41) is 11.4. The Kier molecular flexibility index (Phi) is 5.02. The van der Waals surface area contributed by atoms with Crippen molar-refractivity contribution in [1.29, 1.82) is 0 Å². The first-order valence-electron chi connectivity index (χ1n) is 9.62.